The number of ketones is 1. The van der Waals surface area contributed by atoms with Crippen molar-refractivity contribution in [1.82, 2.24) is 9.13 Å². The number of carbonyl (C=O) groups is 1. The zero-order valence-corrected chi connectivity index (χ0v) is 17.8. The number of halogens is 5. The van der Waals surface area contributed by atoms with Crippen molar-refractivity contribution in [2.45, 2.75) is 13.1 Å². The largest absolute Gasteiger partial charge is 0.482 e. The molecule has 2 aromatic carbocycles. The molecule has 3 rings (SSSR count). The summed E-state index contributed by atoms with van der Waals surface area (Å²) in [6.07, 6.45) is -4.97. The Morgan fingerprint density at radius 1 is 1.06 bits per heavy atom. The molecule has 0 amide bonds. The van der Waals surface area contributed by atoms with Gasteiger partial charge in [-0.15, -0.1) is 0 Å². The molecule has 0 spiro atoms. The molecule has 0 aliphatic heterocycles. The molecule has 12 heteroatoms. The van der Waals surface area contributed by atoms with Gasteiger partial charge in [-0.05, 0) is 25.1 Å². The SMILES string of the molecule is CC(=O)COc1ccccc1Oc1cc(-n2c(=O)cc(C(F)(F)F)n(C)c2=O)c(F)cc1Cl. The molecule has 1 aromatic heterocycles. The Balaban J connectivity index is 2.12. The van der Waals surface area contributed by atoms with Crippen LogP contribution in [0.15, 0.2) is 52.1 Å². The molecule has 0 fully saturated rings. The van der Waals surface area contributed by atoms with Gasteiger partial charge in [-0.3, -0.25) is 14.2 Å². The number of para-hydroxylation sites is 2. The van der Waals surface area contributed by atoms with Crippen molar-refractivity contribution in [3.05, 3.63) is 79.8 Å². The third kappa shape index (κ3) is 5.08. The summed E-state index contributed by atoms with van der Waals surface area (Å²) in [5.74, 6) is -1.40. The van der Waals surface area contributed by atoms with E-state index < -0.39 is 34.6 Å². The number of carbonyl (C=O) groups excluding carboxylic acids is 1. The first-order valence-corrected chi connectivity index (χ1v) is 9.56. The van der Waals surface area contributed by atoms with E-state index in [2.05, 4.69) is 0 Å². The first-order chi connectivity index (χ1) is 15.4. The Hall–Kier alpha value is -3.60. The zero-order chi connectivity index (χ0) is 24.5. The lowest BCUT2D eigenvalue weighted by Crippen LogP contribution is -2.41. The maximum Gasteiger partial charge on any atom is 0.431 e. The zero-order valence-electron chi connectivity index (χ0n) is 17.1. The highest BCUT2D eigenvalue weighted by molar-refractivity contribution is 6.32. The maximum atomic E-state index is 14.6. The Labute approximate surface area is 188 Å². The van der Waals surface area contributed by atoms with Crippen molar-refractivity contribution in [2.24, 2.45) is 7.05 Å². The Kier molecular flexibility index (Phi) is 6.63. The van der Waals surface area contributed by atoms with Crippen molar-refractivity contribution >= 4 is 17.4 Å². The summed E-state index contributed by atoms with van der Waals surface area (Å²) in [6.45, 7) is 1.06. The second-order valence-electron chi connectivity index (χ2n) is 6.82. The van der Waals surface area contributed by atoms with Crippen LogP contribution in [-0.4, -0.2) is 21.5 Å². The molecule has 174 valence electrons. The molecule has 0 aliphatic carbocycles. The smallest absolute Gasteiger partial charge is 0.431 e. The quantitative estimate of drug-likeness (QED) is 0.490. The van der Waals surface area contributed by atoms with E-state index in [9.17, 15) is 31.9 Å². The number of hydrogen-bond donors (Lipinski definition) is 0. The van der Waals surface area contributed by atoms with Crippen LogP contribution >= 0.6 is 11.6 Å². The van der Waals surface area contributed by atoms with Crippen LogP contribution in [0.5, 0.6) is 17.2 Å². The number of ether oxygens (including phenoxy) is 2. The monoisotopic (exact) mass is 486 g/mol. The predicted octanol–water partition coefficient (Wildman–Crippen LogP) is 4.11. The van der Waals surface area contributed by atoms with Crippen molar-refractivity contribution in [3.8, 4) is 22.9 Å². The van der Waals surface area contributed by atoms with Gasteiger partial charge in [-0.25, -0.2) is 13.8 Å². The minimum atomic E-state index is -4.97. The van der Waals surface area contributed by atoms with E-state index >= 15 is 0 Å². The summed E-state index contributed by atoms with van der Waals surface area (Å²) >= 11 is 6.04. The Morgan fingerprint density at radius 2 is 1.70 bits per heavy atom. The number of Topliss-reactive ketones (excluding diaryl/α,β-unsaturated/α-hetero) is 1. The van der Waals surface area contributed by atoms with Crippen LogP contribution < -0.4 is 20.7 Å². The molecule has 0 bridgehead atoms. The van der Waals surface area contributed by atoms with Crippen LogP contribution in [0, 0.1) is 5.82 Å². The standard InChI is InChI=1S/C21H15ClF4N2O5/c1-11(29)10-32-15-5-3-4-6-16(15)33-17-8-14(13(23)7-12(17)22)28-19(30)9-18(21(24,25)26)27(2)20(28)31/h3-9H,10H2,1-2H3. The average molecular weight is 487 g/mol. The van der Waals surface area contributed by atoms with Gasteiger partial charge >= 0.3 is 11.9 Å². The predicted molar refractivity (Wildman–Crippen MR) is 110 cm³/mol. The third-order valence-corrected chi connectivity index (χ3v) is 4.65. The maximum absolute atomic E-state index is 14.6. The number of rotatable bonds is 6. The Morgan fingerprint density at radius 3 is 2.30 bits per heavy atom. The molecule has 33 heavy (non-hydrogen) atoms. The van der Waals surface area contributed by atoms with E-state index in [1.54, 1.807) is 12.1 Å². The lowest BCUT2D eigenvalue weighted by atomic mass is 10.2. The molecule has 0 N–H and O–H groups in total. The van der Waals surface area contributed by atoms with Gasteiger partial charge < -0.3 is 9.47 Å². The van der Waals surface area contributed by atoms with E-state index in [0.717, 1.165) is 19.2 Å². The van der Waals surface area contributed by atoms with Crippen molar-refractivity contribution in [1.29, 1.82) is 0 Å². The fourth-order valence-electron chi connectivity index (χ4n) is 2.84. The molecule has 0 atom stereocenters. The summed E-state index contributed by atoms with van der Waals surface area (Å²) in [5.41, 5.74) is -4.98. The highest BCUT2D eigenvalue weighted by Gasteiger charge is 2.35. The average Bonchev–Trinajstić information content (AvgIpc) is 2.72. The van der Waals surface area contributed by atoms with Gasteiger partial charge in [0.05, 0.1) is 10.7 Å². The number of nitrogens with zero attached hydrogens (tertiary/aromatic N) is 2. The van der Waals surface area contributed by atoms with E-state index in [-0.39, 0.29) is 49.9 Å². The van der Waals surface area contributed by atoms with E-state index in [4.69, 9.17) is 21.1 Å². The summed E-state index contributed by atoms with van der Waals surface area (Å²) in [6, 6.07) is 7.95. The third-order valence-electron chi connectivity index (χ3n) is 4.35. The molecule has 3 aromatic rings. The van der Waals surface area contributed by atoms with E-state index in [1.165, 1.54) is 19.1 Å². The molecule has 0 radical (unpaired) electrons. The highest BCUT2D eigenvalue weighted by Crippen LogP contribution is 2.37. The first-order valence-electron chi connectivity index (χ1n) is 9.19. The van der Waals surface area contributed by atoms with Crippen molar-refractivity contribution < 1.29 is 31.8 Å². The second kappa shape index (κ2) is 9.10. The van der Waals surface area contributed by atoms with Crippen molar-refractivity contribution in [3.63, 3.8) is 0 Å². The van der Waals surface area contributed by atoms with Gasteiger partial charge in [0, 0.05) is 19.2 Å². The minimum Gasteiger partial charge on any atom is -0.482 e. The Bertz CT molecular complexity index is 1350. The summed E-state index contributed by atoms with van der Waals surface area (Å²) in [7, 11) is 0.801. The summed E-state index contributed by atoms with van der Waals surface area (Å²) in [5, 5.41) is -0.255. The fourth-order valence-corrected chi connectivity index (χ4v) is 3.03. The molecule has 1 heterocycles. The summed E-state index contributed by atoms with van der Waals surface area (Å²) < 4.78 is 65.3. The molecule has 0 saturated heterocycles. The fraction of sp³-hybridized carbons (Fsp3) is 0.190. The van der Waals surface area contributed by atoms with Gasteiger partial charge in [-0.2, -0.15) is 13.2 Å². The topological polar surface area (TPSA) is 79.5 Å². The van der Waals surface area contributed by atoms with Gasteiger partial charge in [-0.1, -0.05) is 23.7 Å². The molecule has 0 aliphatic rings. The lowest BCUT2D eigenvalue weighted by Gasteiger charge is -2.16. The van der Waals surface area contributed by atoms with Gasteiger partial charge in [0.2, 0.25) is 0 Å². The van der Waals surface area contributed by atoms with E-state index in [0.29, 0.717) is 0 Å². The van der Waals surface area contributed by atoms with Crippen LogP contribution in [0.25, 0.3) is 5.69 Å². The number of benzene rings is 2. The molecule has 0 unspecified atom stereocenters. The van der Waals surface area contributed by atoms with Crippen LogP contribution in [-0.2, 0) is 18.0 Å². The molecular weight excluding hydrogens is 472 g/mol. The van der Waals surface area contributed by atoms with Crippen LogP contribution in [0.3, 0.4) is 0 Å². The highest BCUT2D eigenvalue weighted by atomic mass is 35.5. The van der Waals surface area contributed by atoms with Crippen LogP contribution in [0.2, 0.25) is 5.02 Å². The number of aromatic nitrogens is 2. The van der Waals surface area contributed by atoms with Crippen LogP contribution in [0.1, 0.15) is 12.6 Å². The van der Waals surface area contributed by atoms with Crippen molar-refractivity contribution in [2.75, 3.05) is 6.61 Å². The normalized spacial score (nSPS) is 11.4. The number of alkyl halides is 3. The molecular formula is C21H15ClF4N2O5. The molecule has 7 nitrogen and oxygen atoms in total. The molecule has 0 saturated carbocycles. The minimum absolute atomic E-state index is 0.0749. The van der Waals surface area contributed by atoms with Gasteiger partial charge in [0.1, 0.15) is 23.9 Å². The van der Waals surface area contributed by atoms with Gasteiger partial charge in [0.25, 0.3) is 5.56 Å². The number of hydrogen-bond acceptors (Lipinski definition) is 5. The second-order valence-corrected chi connectivity index (χ2v) is 7.22. The first kappa shape index (κ1) is 24.1. The van der Waals surface area contributed by atoms with Crippen LogP contribution in [0.4, 0.5) is 17.6 Å². The summed E-state index contributed by atoms with van der Waals surface area (Å²) in [4.78, 5) is 36.0. The van der Waals surface area contributed by atoms with E-state index in [1.807, 2.05) is 0 Å². The lowest BCUT2D eigenvalue weighted by molar-refractivity contribution is -0.144. The van der Waals surface area contributed by atoms with Gasteiger partial charge in [0.15, 0.2) is 17.3 Å².